The Morgan fingerprint density at radius 2 is 1.30 bits per heavy atom. The lowest BCUT2D eigenvalue weighted by Crippen LogP contribution is -2.43. The number of amides is 1. The van der Waals surface area contributed by atoms with Gasteiger partial charge in [0, 0.05) is 12.8 Å². The molecule has 3 atom stereocenters. The Bertz CT molecular complexity index is 761. The van der Waals surface area contributed by atoms with Gasteiger partial charge in [0.15, 0.2) is 6.04 Å². The minimum atomic E-state index is -4.73. The molecule has 4 N–H and O–H groups in total. The number of phosphoric acid groups is 1. The first kappa shape index (κ1) is 38.2. The molecule has 1 amide bonds. The van der Waals surface area contributed by atoms with Gasteiger partial charge in [0.25, 0.3) is 0 Å². The van der Waals surface area contributed by atoms with Crippen molar-refractivity contribution in [1.82, 2.24) is 5.32 Å². The number of ether oxygens (including phenoxy) is 1. The molecule has 0 aromatic heterocycles. The standard InChI is InChI=1S/C28H52NO10P/c1-3-5-7-9-10-11-12-13-14-15-16-17-19-26(31)29-25(28(33)34)23-39-40(35,36)38-22-24(30)21-37-27(32)20-18-8-6-4-2/h10-11,24-25,30H,3-9,12-23H2,1-2H3,(H,29,31)(H,33,34)(H,35,36)/b11-10-. The third-order valence-electron chi connectivity index (χ3n) is 6.05. The Labute approximate surface area is 239 Å². The molecule has 0 bridgehead atoms. The van der Waals surface area contributed by atoms with Gasteiger partial charge in [-0.05, 0) is 38.5 Å². The topological polar surface area (TPSA) is 169 Å². The summed E-state index contributed by atoms with van der Waals surface area (Å²) in [5.74, 6) is -2.41. The van der Waals surface area contributed by atoms with Gasteiger partial charge in [0.05, 0.1) is 13.2 Å². The largest absolute Gasteiger partial charge is 0.480 e. The van der Waals surface area contributed by atoms with Gasteiger partial charge in [-0.15, -0.1) is 0 Å². The van der Waals surface area contributed by atoms with E-state index in [4.69, 9.17) is 9.26 Å². The fourth-order valence-corrected chi connectivity index (χ4v) is 4.43. The highest BCUT2D eigenvalue weighted by Crippen LogP contribution is 2.43. The summed E-state index contributed by atoms with van der Waals surface area (Å²) in [4.78, 5) is 45.0. The summed E-state index contributed by atoms with van der Waals surface area (Å²) >= 11 is 0. The predicted molar refractivity (Wildman–Crippen MR) is 153 cm³/mol. The molecule has 12 heteroatoms. The van der Waals surface area contributed by atoms with E-state index in [0.717, 1.165) is 57.8 Å². The van der Waals surface area contributed by atoms with E-state index in [1.54, 1.807) is 0 Å². The molecule has 0 saturated carbocycles. The van der Waals surface area contributed by atoms with Gasteiger partial charge in [-0.2, -0.15) is 0 Å². The highest BCUT2D eigenvalue weighted by molar-refractivity contribution is 7.47. The van der Waals surface area contributed by atoms with E-state index in [1.165, 1.54) is 19.3 Å². The second kappa shape index (κ2) is 25.0. The van der Waals surface area contributed by atoms with Crippen LogP contribution in [0.5, 0.6) is 0 Å². The number of hydrogen-bond donors (Lipinski definition) is 4. The molecule has 0 aliphatic rings. The average molecular weight is 594 g/mol. The first-order valence-electron chi connectivity index (χ1n) is 14.7. The van der Waals surface area contributed by atoms with Crippen molar-refractivity contribution in [2.45, 2.75) is 129 Å². The van der Waals surface area contributed by atoms with Crippen molar-refractivity contribution in [2.24, 2.45) is 0 Å². The maximum Gasteiger partial charge on any atom is 0.472 e. The van der Waals surface area contributed by atoms with Crippen LogP contribution in [0.3, 0.4) is 0 Å². The third-order valence-corrected chi connectivity index (χ3v) is 7.01. The SMILES string of the molecule is CCCCC/C=C\CCCCCCCC(=O)NC(COP(=O)(O)OCC(O)COC(=O)CCCCCC)C(=O)O. The van der Waals surface area contributed by atoms with Crippen LogP contribution in [0, 0.1) is 0 Å². The summed E-state index contributed by atoms with van der Waals surface area (Å²) < 4.78 is 26.3. The predicted octanol–water partition coefficient (Wildman–Crippen LogP) is 5.43. The van der Waals surface area contributed by atoms with Gasteiger partial charge in [-0.25, -0.2) is 9.36 Å². The Morgan fingerprint density at radius 3 is 1.95 bits per heavy atom. The molecule has 0 aromatic rings. The van der Waals surface area contributed by atoms with Crippen molar-refractivity contribution >= 4 is 25.7 Å². The summed E-state index contributed by atoms with van der Waals surface area (Å²) in [6.07, 6.45) is 17.6. The zero-order chi connectivity index (χ0) is 30.1. The zero-order valence-electron chi connectivity index (χ0n) is 24.4. The molecule has 0 aromatic carbocycles. The molecule has 0 rings (SSSR count). The summed E-state index contributed by atoms with van der Waals surface area (Å²) in [6, 6.07) is -1.54. The van der Waals surface area contributed by atoms with E-state index in [1.807, 2.05) is 0 Å². The third kappa shape index (κ3) is 24.1. The number of esters is 1. The Kier molecular flexibility index (Phi) is 23.9. The lowest BCUT2D eigenvalue weighted by atomic mass is 10.1. The van der Waals surface area contributed by atoms with Crippen LogP contribution in [0.1, 0.15) is 117 Å². The molecule has 0 spiro atoms. The van der Waals surface area contributed by atoms with Crippen LogP contribution in [-0.2, 0) is 32.7 Å². The highest BCUT2D eigenvalue weighted by Gasteiger charge is 2.28. The molecule has 11 nitrogen and oxygen atoms in total. The molecule has 3 unspecified atom stereocenters. The Hall–Kier alpha value is -1.78. The summed E-state index contributed by atoms with van der Waals surface area (Å²) in [5, 5.41) is 21.4. The van der Waals surface area contributed by atoms with Crippen molar-refractivity contribution in [1.29, 1.82) is 0 Å². The molecule has 0 aliphatic heterocycles. The number of unbranched alkanes of at least 4 members (excludes halogenated alkanes) is 11. The fourth-order valence-electron chi connectivity index (χ4n) is 3.66. The maximum absolute atomic E-state index is 12.1. The molecule has 40 heavy (non-hydrogen) atoms. The van der Waals surface area contributed by atoms with Crippen LogP contribution in [0.2, 0.25) is 0 Å². The first-order valence-corrected chi connectivity index (χ1v) is 16.2. The fraction of sp³-hybridized carbons (Fsp3) is 0.821. The normalized spacial score (nSPS) is 14.5. The number of carbonyl (C=O) groups excluding carboxylic acids is 2. The van der Waals surface area contributed by atoms with Crippen molar-refractivity contribution in [3.63, 3.8) is 0 Å². The number of rotatable bonds is 27. The van der Waals surface area contributed by atoms with Crippen molar-refractivity contribution in [3.05, 3.63) is 12.2 Å². The number of carboxylic acid groups (broad SMARTS) is 1. The number of carbonyl (C=O) groups is 3. The molecule has 0 saturated heterocycles. The van der Waals surface area contributed by atoms with E-state index in [2.05, 4.69) is 35.8 Å². The second-order valence-electron chi connectivity index (χ2n) is 9.94. The number of aliphatic hydroxyl groups is 1. The van der Waals surface area contributed by atoms with E-state index in [-0.39, 0.29) is 12.8 Å². The van der Waals surface area contributed by atoms with Gasteiger partial charge in [-0.3, -0.25) is 18.6 Å². The second-order valence-corrected chi connectivity index (χ2v) is 11.4. The van der Waals surface area contributed by atoms with Gasteiger partial charge < -0.3 is 25.2 Å². The van der Waals surface area contributed by atoms with Crippen molar-refractivity contribution in [2.75, 3.05) is 19.8 Å². The van der Waals surface area contributed by atoms with E-state index >= 15 is 0 Å². The van der Waals surface area contributed by atoms with E-state index in [0.29, 0.717) is 12.8 Å². The van der Waals surface area contributed by atoms with Crippen LogP contribution in [-0.4, -0.2) is 64.9 Å². The van der Waals surface area contributed by atoms with Crippen LogP contribution in [0.15, 0.2) is 12.2 Å². The van der Waals surface area contributed by atoms with Crippen LogP contribution < -0.4 is 5.32 Å². The molecular formula is C28H52NO10P. The number of phosphoric ester groups is 1. The highest BCUT2D eigenvalue weighted by atomic mass is 31.2. The van der Waals surface area contributed by atoms with E-state index < -0.39 is 57.6 Å². The molecule has 0 aliphatic carbocycles. The lowest BCUT2D eigenvalue weighted by molar-refractivity contribution is -0.147. The van der Waals surface area contributed by atoms with Crippen LogP contribution in [0.4, 0.5) is 0 Å². The lowest BCUT2D eigenvalue weighted by Gasteiger charge is -2.18. The first-order chi connectivity index (χ1) is 19.1. The minimum absolute atomic E-state index is 0.137. The summed E-state index contributed by atoms with van der Waals surface area (Å²) in [5.41, 5.74) is 0. The number of allylic oxidation sites excluding steroid dienone is 2. The molecule has 0 fully saturated rings. The van der Waals surface area contributed by atoms with E-state index in [9.17, 15) is 34.1 Å². The zero-order valence-corrected chi connectivity index (χ0v) is 25.3. The number of carboxylic acids is 1. The summed E-state index contributed by atoms with van der Waals surface area (Å²) in [7, 11) is -4.73. The quantitative estimate of drug-likeness (QED) is 0.0417. The van der Waals surface area contributed by atoms with Crippen molar-refractivity contribution in [3.8, 4) is 0 Å². The maximum atomic E-state index is 12.1. The van der Waals surface area contributed by atoms with Gasteiger partial charge in [0.1, 0.15) is 12.7 Å². The molecular weight excluding hydrogens is 541 g/mol. The van der Waals surface area contributed by atoms with Gasteiger partial charge >= 0.3 is 19.8 Å². The number of nitrogens with one attached hydrogen (secondary N) is 1. The number of hydrogen-bond acceptors (Lipinski definition) is 8. The van der Waals surface area contributed by atoms with Crippen LogP contribution >= 0.6 is 7.82 Å². The average Bonchev–Trinajstić information content (AvgIpc) is 2.91. The molecule has 0 radical (unpaired) electrons. The smallest absolute Gasteiger partial charge is 0.472 e. The Balaban J connectivity index is 4.10. The van der Waals surface area contributed by atoms with Crippen LogP contribution in [0.25, 0.3) is 0 Å². The van der Waals surface area contributed by atoms with Gasteiger partial charge in [0.2, 0.25) is 5.91 Å². The number of aliphatic hydroxyl groups excluding tert-OH is 1. The Morgan fingerprint density at radius 1 is 0.775 bits per heavy atom. The van der Waals surface area contributed by atoms with Gasteiger partial charge in [-0.1, -0.05) is 77.4 Å². The summed E-state index contributed by atoms with van der Waals surface area (Å²) in [6.45, 7) is 2.35. The minimum Gasteiger partial charge on any atom is -0.480 e. The number of aliphatic carboxylic acids is 1. The van der Waals surface area contributed by atoms with Crippen molar-refractivity contribution < 1.29 is 47.8 Å². The monoisotopic (exact) mass is 593 g/mol. The molecule has 0 heterocycles. The molecule has 234 valence electrons.